The van der Waals surface area contributed by atoms with Crippen LogP contribution in [0.2, 0.25) is 0 Å². The molecule has 0 heterocycles. The number of para-hydroxylation sites is 1. The van der Waals surface area contributed by atoms with E-state index in [0.717, 1.165) is 18.2 Å². The third kappa shape index (κ3) is 4.39. The molecule has 0 radical (unpaired) electrons. The zero-order valence-corrected chi connectivity index (χ0v) is 11.6. The summed E-state index contributed by atoms with van der Waals surface area (Å²) in [4.78, 5) is 8.95. The van der Waals surface area contributed by atoms with Gasteiger partial charge in [-0.3, -0.25) is 10.1 Å². The van der Waals surface area contributed by atoms with Crippen LogP contribution in [-0.4, -0.2) is 33.5 Å². The highest BCUT2D eigenvalue weighted by Gasteiger charge is 2.28. The molecule has 0 aliphatic rings. The number of nitro benzene ring substituents is 1. The van der Waals surface area contributed by atoms with E-state index in [9.17, 15) is 22.9 Å². The Morgan fingerprint density at radius 1 is 1.37 bits per heavy atom. The Labute approximate surface area is 115 Å². The van der Waals surface area contributed by atoms with Crippen molar-refractivity contribution in [2.45, 2.75) is 4.90 Å². The standard InChI is InChI=1S/C9H12FN3O4S.ClH/c1-11-5-6-12-18(16,17)8-4-2-3-7(10)9(8)13(14)15;/h2-4,11-12H,5-6H2,1H3;1H. The second kappa shape index (κ2) is 7.34. The van der Waals surface area contributed by atoms with Gasteiger partial charge in [0.05, 0.1) is 4.92 Å². The lowest BCUT2D eigenvalue weighted by molar-refractivity contribution is -0.390. The van der Waals surface area contributed by atoms with Gasteiger partial charge < -0.3 is 5.32 Å². The van der Waals surface area contributed by atoms with Crippen molar-refractivity contribution in [3.05, 3.63) is 34.1 Å². The topological polar surface area (TPSA) is 101 Å². The number of nitrogens with zero attached hydrogens (tertiary/aromatic N) is 1. The number of hydrogen-bond acceptors (Lipinski definition) is 5. The summed E-state index contributed by atoms with van der Waals surface area (Å²) in [6.45, 7) is 0.398. The minimum atomic E-state index is -4.10. The zero-order chi connectivity index (χ0) is 13.8. The predicted octanol–water partition coefficient (Wildman–Crippen LogP) is 0.653. The van der Waals surface area contributed by atoms with E-state index in [1.807, 2.05) is 0 Å². The molecule has 0 atom stereocenters. The number of hydrogen-bond donors (Lipinski definition) is 2. The molecular weight excluding hydrogens is 301 g/mol. The first-order chi connectivity index (χ1) is 8.40. The first-order valence-electron chi connectivity index (χ1n) is 4.97. The van der Waals surface area contributed by atoms with Crippen molar-refractivity contribution >= 4 is 28.1 Å². The van der Waals surface area contributed by atoms with Crippen LogP contribution in [0.4, 0.5) is 10.1 Å². The van der Waals surface area contributed by atoms with E-state index < -0.39 is 31.3 Å². The Balaban J connectivity index is 0.00000324. The largest absolute Gasteiger partial charge is 0.324 e. The van der Waals surface area contributed by atoms with Gasteiger partial charge in [0.25, 0.3) is 0 Å². The Morgan fingerprint density at radius 2 is 2.00 bits per heavy atom. The maximum atomic E-state index is 13.3. The molecule has 0 spiro atoms. The fourth-order valence-corrected chi connectivity index (χ4v) is 2.49. The molecule has 10 heteroatoms. The normalized spacial score (nSPS) is 10.8. The van der Waals surface area contributed by atoms with Gasteiger partial charge in [0.2, 0.25) is 15.8 Å². The van der Waals surface area contributed by atoms with Crippen LogP contribution in [0.5, 0.6) is 0 Å². The molecule has 0 bridgehead atoms. The minimum absolute atomic E-state index is 0. The summed E-state index contributed by atoms with van der Waals surface area (Å²) in [5, 5.41) is 13.4. The maximum Gasteiger partial charge on any atom is 0.324 e. The molecule has 1 aromatic rings. The maximum absolute atomic E-state index is 13.3. The van der Waals surface area contributed by atoms with Crippen LogP contribution in [0, 0.1) is 15.9 Å². The van der Waals surface area contributed by atoms with E-state index in [1.54, 1.807) is 7.05 Å². The van der Waals surface area contributed by atoms with Crippen LogP contribution in [-0.2, 0) is 10.0 Å². The average molecular weight is 314 g/mol. The summed E-state index contributed by atoms with van der Waals surface area (Å²) < 4.78 is 39.0. The lowest BCUT2D eigenvalue weighted by Gasteiger charge is -2.07. The van der Waals surface area contributed by atoms with Crippen LogP contribution >= 0.6 is 12.4 Å². The molecule has 0 saturated heterocycles. The Hall–Kier alpha value is -1.29. The van der Waals surface area contributed by atoms with Gasteiger partial charge in [0.1, 0.15) is 0 Å². The van der Waals surface area contributed by atoms with Crippen LogP contribution < -0.4 is 10.0 Å². The molecule has 1 aromatic carbocycles. The number of likely N-dealkylation sites (N-methyl/N-ethyl adjacent to an activating group) is 1. The van der Waals surface area contributed by atoms with Crippen molar-refractivity contribution in [3.8, 4) is 0 Å². The molecule has 0 aliphatic heterocycles. The minimum Gasteiger partial charge on any atom is -0.318 e. The third-order valence-corrected chi connectivity index (χ3v) is 3.58. The molecule has 19 heavy (non-hydrogen) atoms. The number of benzene rings is 1. The van der Waals surface area contributed by atoms with Gasteiger partial charge in [-0.1, -0.05) is 6.07 Å². The van der Waals surface area contributed by atoms with Crippen LogP contribution in [0.25, 0.3) is 0 Å². The molecule has 2 N–H and O–H groups in total. The lowest BCUT2D eigenvalue weighted by atomic mass is 10.3. The average Bonchev–Trinajstić information content (AvgIpc) is 2.28. The Bertz CT molecular complexity index is 552. The summed E-state index contributed by atoms with van der Waals surface area (Å²) in [6.07, 6.45) is 0. The predicted molar refractivity (Wildman–Crippen MR) is 69.4 cm³/mol. The second-order valence-electron chi connectivity index (χ2n) is 3.35. The molecule has 0 amide bonds. The van der Waals surface area contributed by atoms with Crippen molar-refractivity contribution in [3.63, 3.8) is 0 Å². The SMILES string of the molecule is CNCCNS(=O)(=O)c1cccc(F)c1[N+](=O)[O-].Cl. The van der Waals surface area contributed by atoms with Gasteiger partial charge >= 0.3 is 5.69 Å². The van der Waals surface area contributed by atoms with Gasteiger partial charge in [-0.05, 0) is 19.2 Å². The summed E-state index contributed by atoms with van der Waals surface area (Å²) >= 11 is 0. The van der Waals surface area contributed by atoms with Gasteiger partial charge in [0.15, 0.2) is 4.90 Å². The second-order valence-corrected chi connectivity index (χ2v) is 5.08. The van der Waals surface area contributed by atoms with Crippen LogP contribution in [0.1, 0.15) is 0 Å². The van der Waals surface area contributed by atoms with Gasteiger partial charge in [0, 0.05) is 13.1 Å². The highest BCUT2D eigenvalue weighted by Crippen LogP contribution is 2.26. The van der Waals surface area contributed by atoms with E-state index in [2.05, 4.69) is 10.0 Å². The Kier molecular flexibility index (Phi) is 6.84. The number of nitrogens with one attached hydrogen (secondary N) is 2. The molecule has 0 aliphatic carbocycles. The summed E-state index contributed by atoms with van der Waals surface area (Å²) in [5.41, 5.74) is -1.05. The van der Waals surface area contributed by atoms with E-state index in [-0.39, 0.29) is 19.0 Å². The van der Waals surface area contributed by atoms with Crippen molar-refractivity contribution in [1.82, 2.24) is 10.0 Å². The van der Waals surface area contributed by atoms with Crippen molar-refractivity contribution in [2.75, 3.05) is 20.1 Å². The van der Waals surface area contributed by atoms with Crippen LogP contribution in [0.3, 0.4) is 0 Å². The monoisotopic (exact) mass is 313 g/mol. The molecule has 108 valence electrons. The third-order valence-electron chi connectivity index (χ3n) is 2.09. The van der Waals surface area contributed by atoms with E-state index >= 15 is 0 Å². The van der Waals surface area contributed by atoms with Crippen LogP contribution in [0.15, 0.2) is 23.1 Å². The number of rotatable bonds is 6. The highest BCUT2D eigenvalue weighted by molar-refractivity contribution is 7.89. The van der Waals surface area contributed by atoms with Crippen molar-refractivity contribution in [2.24, 2.45) is 0 Å². The van der Waals surface area contributed by atoms with Crippen molar-refractivity contribution in [1.29, 1.82) is 0 Å². The van der Waals surface area contributed by atoms with E-state index in [1.165, 1.54) is 0 Å². The zero-order valence-electron chi connectivity index (χ0n) is 9.92. The van der Waals surface area contributed by atoms with Gasteiger partial charge in [-0.25, -0.2) is 13.1 Å². The van der Waals surface area contributed by atoms with Crippen molar-refractivity contribution < 1.29 is 17.7 Å². The molecule has 0 aromatic heterocycles. The molecule has 7 nitrogen and oxygen atoms in total. The molecule has 1 rings (SSSR count). The fourth-order valence-electron chi connectivity index (χ4n) is 1.28. The highest BCUT2D eigenvalue weighted by atomic mass is 35.5. The number of sulfonamides is 1. The molecule has 0 saturated carbocycles. The smallest absolute Gasteiger partial charge is 0.318 e. The summed E-state index contributed by atoms with van der Waals surface area (Å²) in [6, 6.07) is 2.93. The first kappa shape index (κ1) is 17.7. The van der Waals surface area contributed by atoms with Gasteiger partial charge in [-0.2, -0.15) is 4.39 Å². The number of nitro groups is 1. The van der Waals surface area contributed by atoms with E-state index in [4.69, 9.17) is 0 Å². The first-order valence-corrected chi connectivity index (χ1v) is 6.45. The number of halogens is 2. The quantitative estimate of drug-likeness (QED) is 0.456. The molecular formula is C9H13ClFN3O4S. The van der Waals surface area contributed by atoms with E-state index in [0.29, 0.717) is 6.54 Å². The fraction of sp³-hybridized carbons (Fsp3) is 0.333. The molecule has 0 fully saturated rings. The summed E-state index contributed by atoms with van der Waals surface area (Å²) in [7, 11) is -2.48. The Morgan fingerprint density at radius 3 is 2.53 bits per heavy atom. The lowest BCUT2D eigenvalue weighted by Crippen LogP contribution is -2.31. The summed E-state index contributed by atoms with van der Waals surface area (Å²) in [5.74, 6) is -1.18. The molecule has 0 unspecified atom stereocenters. The van der Waals surface area contributed by atoms with Gasteiger partial charge in [-0.15, -0.1) is 12.4 Å².